The van der Waals surface area contributed by atoms with Gasteiger partial charge in [-0.2, -0.15) is 0 Å². The van der Waals surface area contributed by atoms with Crippen molar-refractivity contribution in [2.75, 3.05) is 50.9 Å². The fourth-order valence-electron chi connectivity index (χ4n) is 2.97. The summed E-state index contributed by atoms with van der Waals surface area (Å²) < 4.78 is 11.2. The summed E-state index contributed by atoms with van der Waals surface area (Å²) >= 11 is 0. The minimum absolute atomic E-state index is 0. The monoisotopic (exact) mass is 519 g/mol. The number of pyridine rings is 1. The molecule has 1 aromatic heterocycles. The van der Waals surface area contributed by atoms with Crippen molar-refractivity contribution in [1.29, 1.82) is 0 Å². The molecule has 2 heterocycles. The predicted molar refractivity (Wildman–Crippen MR) is 130 cm³/mol. The molecule has 1 unspecified atom stereocenters. The molecule has 1 saturated heterocycles. The summed E-state index contributed by atoms with van der Waals surface area (Å²) in [6, 6.07) is 4.19. The maximum atomic E-state index is 5.60. The molecule has 8 heteroatoms. The Morgan fingerprint density at radius 3 is 2.79 bits per heavy atom. The minimum Gasteiger partial charge on any atom is -0.381 e. The van der Waals surface area contributed by atoms with Crippen molar-refractivity contribution < 1.29 is 9.47 Å². The first-order chi connectivity index (χ1) is 13.7. The van der Waals surface area contributed by atoms with Crippen LogP contribution in [0.1, 0.15) is 45.6 Å². The van der Waals surface area contributed by atoms with E-state index in [4.69, 9.17) is 9.47 Å². The van der Waals surface area contributed by atoms with E-state index in [-0.39, 0.29) is 30.1 Å². The summed E-state index contributed by atoms with van der Waals surface area (Å²) in [6.07, 6.45) is 5.46. The average Bonchev–Trinajstić information content (AvgIpc) is 2.71. The lowest BCUT2D eigenvalue weighted by Crippen LogP contribution is -2.41. The number of unbranched alkanes of at least 4 members (excludes halogenated alkanes) is 1. The maximum absolute atomic E-state index is 5.60. The second-order valence-electron chi connectivity index (χ2n) is 7.09. The number of hydrogen-bond donors (Lipinski definition) is 2. The van der Waals surface area contributed by atoms with Gasteiger partial charge < -0.3 is 25.0 Å². The summed E-state index contributed by atoms with van der Waals surface area (Å²) in [5, 5.41) is 6.65. The van der Waals surface area contributed by atoms with Crippen LogP contribution in [0.2, 0.25) is 0 Å². The number of ether oxygens (including phenoxy) is 2. The first kappa shape index (κ1) is 25.9. The van der Waals surface area contributed by atoms with Crippen LogP contribution in [0.3, 0.4) is 0 Å². The highest BCUT2D eigenvalue weighted by Crippen LogP contribution is 2.15. The predicted octanol–water partition coefficient (Wildman–Crippen LogP) is 3.19. The molecule has 0 saturated carbocycles. The average molecular weight is 519 g/mol. The van der Waals surface area contributed by atoms with Crippen LogP contribution in [0.5, 0.6) is 0 Å². The van der Waals surface area contributed by atoms with Crippen molar-refractivity contribution in [1.82, 2.24) is 15.6 Å². The van der Waals surface area contributed by atoms with Crippen LogP contribution in [0.4, 0.5) is 5.82 Å². The van der Waals surface area contributed by atoms with Crippen LogP contribution in [0.25, 0.3) is 0 Å². The number of rotatable bonds is 11. The number of guanidine groups is 1. The molecular weight excluding hydrogens is 481 g/mol. The number of morpholine rings is 1. The summed E-state index contributed by atoms with van der Waals surface area (Å²) in [5.74, 6) is 1.85. The fourth-order valence-corrected chi connectivity index (χ4v) is 2.97. The highest BCUT2D eigenvalue weighted by molar-refractivity contribution is 14.0. The van der Waals surface area contributed by atoms with E-state index in [1.165, 1.54) is 6.42 Å². The van der Waals surface area contributed by atoms with Gasteiger partial charge in [0, 0.05) is 45.6 Å². The third-order valence-corrected chi connectivity index (χ3v) is 4.54. The van der Waals surface area contributed by atoms with Crippen molar-refractivity contribution in [2.45, 2.75) is 52.7 Å². The third kappa shape index (κ3) is 10.5. The normalized spacial score (nSPS) is 17.0. The van der Waals surface area contributed by atoms with Crippen molar-refractivity contribution in [3.8, 4) is 0 Å². The van der Waals surface area contributed by atoms with Crippen molar-refractivity contribution in [3.63, 3.8) is 0 Å². The van der Waals surface area contributed by atoms with Gasteiger partial charge >= 0.3 is 0 Å². The molecule has 0 aliphatic carbocycles. The second kappa shape index (κ2) is 15.7. The van der Waals surface area contributed by atoms with E-state index in [1.807, 2.05) is 6.20 Å². The molecule has 1 atom stereocenters. The number of aliphatic imine (C=N–C) groups is 1. The third-order valence-electron chi connectivity index (χ3n) is 4.54. The molecule has 1 aliphatic rings. The van der Waals surface area contributed by atoms with E-state index in [9.17, 15) is 0 Å². The van der Waals surface area contributed by atoms with Gasteiger partial charge in [0.2, 0.25) is 0 Å². The van der Waals surface area contributed by atoms with E-state index in [0.717, 1.165) is 76.2 Å². The van der Waals surface area contributed by atoms with Gasteiger partial charge in [-0.1, -0.05) is 19.4 Å². The van der Waals surface area contributed by atoms with Gasteiger partial charge in [0.25, 0.3) is 0 Å². The maximum Gasteiger partial charge on any atom is 0.191 e. The molecule has 166 valence electrons. The SMILES string of the molecule is CCCCOCCCNC(=NCc1ccc(N2CCOC(C)C2)nc1)NCC.I. The van der Waals surface area contributed by atoms with E-state index >= 15 is 0 Å². The van der Waals surface area contributed by atoms with Crippen molar-refractivity contribution in [2.24, 2.45) is 4.99 Å². The molecule has 1 aromatic rings. The molecule has 2 rings (SSSR count). The lowest BCUT2D eigenvalue weighted by Gasteiger charge is -2.32. The Bertz CT molecular complexity index is 571. The Balaban J connectivity index is 0.00000420. The molecule has 1 fully saturated rings. The van der Waals surface area contributed by atoms with Crippen LogP contribution in [0.15, 0.2) is 23.3 Å². The Kier molecular flexibility index (Phi) is 14.0. The van der Waals surface area contributed by atoms with Crippen LogP contribution in [-0.4, -0.2) is 63.0 Å². The summed E-state index contributed by atoms with van der Waals surface area (Å²) in [7, 11) is 0. The number of aromatic nitrogens is 1. The lowest BCUT2D eigenvalue weighted by atomic mass is 10.2. The van der Waals surface area contributed by atoms with Crippen LogP contribution < -0.4 is 15.5 Å². The molecule has 7 nitrogen and oxygen atoms in total. The van der Waals surface area contributed by atoms with Crippen molar-refractivity contribution >= 4 is 35.8 Å². The van der Waals surface area contributed by atoms with Gasteiger partial charge in [-0.15, -0.1) is 24.0 Å². The number of anilines is 1. The number of nitrogens with zero attached hydrogens (tertiary/aromatic N) is 3. The number of halogens is 1. The van der Waals surface area contributed by atoms with Gasteiger partial charge in [0.1, 0.15) is 5.82 Å². The van der Waals surface area contributed by atoms with Crippen molar-refractivity contribution in [3.05, 3.63) is 23.9 Å². The molecule has 0 bridgehead atoms. The Morgan fingerprint density at radius 1 is 1.28 bits per heavy atom. The lowest BCUT2D eigenvalue weighted by molar-refractivity contribution is 0.0529. The zero-order valence-corrected chi connectivity index (χ0v) is 20.5. The van der Waals surface area contributed by atoms with E-state index in [1.54, 1.807) is 0 Å². The highest BCUT2D eigenvalue weighted by atomic mass is 127. The van der Waals surface area contributed by atoms with Crippen LogP contribution >= 0.6 is 24.0 Å². The first-order valence-corrected chi connectivity index (χ1v) is 10.6. The van der Waals surface area contributed by atoms with Gasteiger partial charge in [-0.3, -0.25) is 0 Å². The van der Waals surface area contributed by atoms with Gasteiger partial charge in [0.15, 0.2) is 5.96 Å². The molecule has 0 radical (unpaired) electrons. The topological polar surface area (TPSA) is 71.0 Å². The van der Waals surface area contributed by atoms with Crippen LogP contribution in [-0.2, 0) is 16.0 Å². The molecule has 1 aliphatic heterocycles. The summed E-state index contributed by atoms with van der Waals surface area (Å²) in [6.45, 7) is 12.8. The van der Waals surface area contributed by atoms with E-state index < -0.39 is 0 Å². The molecule has 0 spiro atoms. The van der Waals surface area contributed by atoms with Gasteiger partial charge in [-0.05, 0) is 38.3 Å². The standard InChI is InChI=1S/C21H37N5O2.HI/c1-4-6-12-27-13-7-10-23-21(22-5-2)25-16-19-8-9-20(24-15-19)26-11-14-28-18(3)17-26;/h8-9,15,18H,4-7,10-14,16-17H2,1-3H3,(H2,22,23,25);1H. The quantitative estimate of drug-likeness (QED) is 0.203. The minimum atomic E-state index is 0. The largest absolute Gasteiger partial charge is 0.381 e. The molecule has 0 aromatic carbocycles. The van der Waals surface area contributed by atoms with Gasteiger partial charge in [0.05, 0.1) is 19.3 Å². The van der Waals surface area contributed by atoms with Gasteiger partial charge in [-0.25, -0.2) is 9.98 Å². The summed E-state index contributed by atoms with van der Waals surface area (Å²) in [4.78, 5) is 11.6. The molecular formula is C21H38IN5O2. The molecule has 29 heavy (non-hydrogen) atoms. The second-order valence-corrected chi connectivity index (χ2v) is 7.09. The zero-order chi connectivity index (χ0) is 20.0. The Labute approximate surface area is 193 Å². The Hall–Kier alpha value is -1.13. The molecule has 2 N–H and O–H groups in total. The highest BCUT2D eigenvalue weighted by Gasteiger charge is 2.17. The Morgan fingerprint density at radius 2 is 2.10 bits per heavy atom. The zero-order valence-electron chi connectivity index (χ0n) is 18.2. The first-order valence-electron chi connectivity index (χ1n) is 10.6. The van der Waals surface area contributed by atoms with Crippen LogP contribution in [0, 0.1) is 0 Å². The molecule has 0 amide bonds. The number of hydrogen-bond acceptors (Lipinski definition) is 5. The fraction of sp³-hybridized carbons (Fsp3) is 0.714. The number of nitrogens with one attached hydrogen (secondary N) is 2. The van der Waals surface area contributed by atoms with E-state index in [0.29, 0.717) is 6.54 Å². The summed E-state index contributed by atoms with van der Waals surface area (Å²) in [5.41, 5.74) is 1.10. The van der Waals surface area contributed by atoms with E-state index in [2.05, 4.69) is 58.4 Å². The smallest absolute Gasteiger partial charge is 0.191 e.